The van der Waals surface area contributed by atoms with Crippen LogP contribution >= 0.6 is 11.6 Å². The number of nitrogens with zero attached hydrogens (tertiary/aromatic N) is 6. The zero-order valence-electron chi connectivity index (χ0n) is 25.0. The minimum Gasteiger partial charge on any atom is -0.463 e. The van der Waals surface area contributed by atoms with E-state index >= 15 is 4.39 Å². The van der Waals surface area contributed by atoms with Gasteiger partial charge in [0.25, 0.3) is 0 Å². The molecule has 0 amide bonds. The minimum atomic E-state index is -0.771. The van der Waals surface area contributed by atoms with E-state index in [2.05, 4.69) is 35.4 Å². The molecule has 0 radical (unpaired) electrons. The second-order valence-electron chi connectivity index (χ2n) is 11.7. The van der Waals surface area contributed by atoms with Gasteiger partial charge in [0.1, 0.15) is 17.0 Å². The van der Waals surface area contributed by atoms with Crippen molar-refractivity contribution in [1.82, 2.24) is 24.8 Å². The molecule has 0 aliphatic carbocycles. The van der Waals surface area contributed by atoms with E-state index < -0.39 is 11.6 Å². The fourth-order valence-corrected chi connectivity index (χ4v) is 6.79. The van der Waals surface area contributed by atoms with Gasteiger partial charge >= 0.3 is 6.01 Å². The van der Waals surface area contributed by atoms with Gasteiger partial charge in [0.05, 0.1) is 12.0 Å². The van der Waals surface area contributed by atoms with Crippen LogP contribution in [0.4, 0.5) is 14.6 Å². The number of anilines is 1. The molecule has 0 spiro atoms. The maximum atomic E-state index is 16.5. The van der Waals surface area contributed by atoms with Crippen LogP contribution in [0, 0.1) is 17.1 Å². The van der Waals surface area contributed by atoms with Gasteiger partial charge in [0.2, 0.25) is 0 Å². The van der Waals surface area contributed by atoms with Crippen molar-refractivity contribution in [3.05, 3.63) is 65.8 Å². The monoisotopic (exact) mass is 619 g/mol. The quantitative estimate of drug-likeness (QED) is 0.173. The molecule has 8 nitrogen and oxygen atoms in total. The van der Waals surface area contributed by atoms with E-state index in [0.717, 1.165) is 18.4 Å². The molecule has 1 N–H and O–H groups in total. The summed E-state index contributed by atoms with van der Waals surface area (Å²) < 4.78 is 36.3. The first-order valence-electron chi connectivity index (χ1n) is 15.0. The summed E-state index contributed by atoms with van der Waals surface area (Å²) in [4.78, 5) is 19.9. The average molecular weight is 620 g/mol. The van der Waals surface area contributed by atoms with Crippen LogP contribution in [-0.4, -0.2) is 83.0 Å². The fraction of sp³-hybridized carbons (Fsp3) is 0.394. The van der Waals surface area contributed by atoms with Crippen molar-refractivity contribution in [3.8, 4) is 17.3 Å². The van der Waals surface area contributed by atoms with Crippen molar-refractivity contribution >= 4 is 44.9 Å². The second-order valence-corrected chi connectivity index (χ2v) is 12.1. The Morgan fingerprint density at radius 2 is 1.89 bits per heavy atom. The Hall–Kier alpha value is -3.89. The minimum absolute atomic E-state index is 0.0961. The highest BCUT2D eigenvalue weighted by Gasteiger charge is 2.28. The number of benzene rings is 2. The zero-order valence-corrected chi connectivity index (χ0v) is 25.7. The largest absolute Gasteiger partial charge is 0.463 e. The van der Waals surface area contributed by atoms with Crippen LogP contribution in [0.25, 0.3) is 32.9 Å². The molecule has 2 aromatic carbocycles. The number of ether oxygens (including phenoxy) is 1. The van der Waals surface area contributed by atoms with E-state index in [9.17, 15) is 4.39 Å². The fourth-order valence-electron chi connectivity index (χ4n) is 6.50. The van der Waals surface area contributed by atoms with Crippen molar-refractivity contribution in [2.75, 3.05) is 51.3 Å². The molecule has 11 heteroatoms. The highest BCUT2D eigenvalue weighted by molar-refractivity contribution is 6.36. The smallest absolute Gasteiger partial charge is 0.319 e. The van der Waals surface area contributed by atoms with Gasteiger partial charge in [0, 0.05) is 54.4 Å². The summed E-state index contributed by atoms with van der Waals surface area (Å²) in [5, 5.41) is 10.5. The average Bonchev–Trinajstić information content (AvgIpc) is 3.46. The molecule has 1 unspecified atom stereocenters. The zero-order chi connectivity index (χ0) is 31.0. The number of halogens is 3. The molecule has 2 aliphatic heterocycles. The Morgan fingerprint density at radius 1 is 1.14 bits per heavy atom. The first-order chi connectivity index (χ1) is 21.2. The summed E-state index contributed by atoms with van der Waals surface area (Å²) in [7, 11) is 2.16. The number of fused-ring (bicyclic) bond motifs is 2. The maximum absolute atomic E-state index is 16.5. The van der Waals surface area contributed by atoms with Gasteiger partial charge in [-0.05, 0) is 50.2 Å². The second kappa shape index (κ2) is 12.6. The molecule has 0 bridgehead atoms. The number of pyridine rings is 1. The number of aromatic nitrogens is 3. The number of rotatable bonds is 8. The van der Waals surface area contributed by atoms with Crippen molar-refractivity contribution < 1.29 is 13.5 Å². The van der Waals surface area contributed by atoms with Crippen molar-refractivity contribution in [2.45, 2.75) is 32.2 Å². The standard InChI is InChI=1S/C33H36ClF2N7O/c1-20(26-11-6-13-41(26)3)12-18-44-33-39-30-24(32(40-33)43-16-14-42(15-17-43)31(37)21(2)35)19-38-29(28(30)36)23-9-4-7-22-8-5-10-25(34)27(22)23/h4-5,7-10,19-20,26,37H,2,6,11-18H2,1,3H3/t20-,26?/m1/s1. The lowest BCUT2D eigenvalue weighted by molar-refractivity contribution is 0.194. The SMILES string of the molecule is C=C(F)C(=N)N1CCN(c2nc(OCC[C@@H](C)C3CCCN3C)nc3c(F)c(-c4cccc5cccc(Cl)c45)ncc23)CC1. The van der Waals surface area contributed by atoms with Crippen LogP contribution in [0.2, 0.25) is 5.02 Å². The van der Waals surface area contributed by atoms with Crippen molar-refractivity contribution in [1.29, 1.82) is 5.41 Å². The molecule has 2 fully saturated rings. The van der Waals surface area contributed by atoms with Gasteiger partial charge < -0.3 is 19.4 Å². The van der Waals surface area contributed by atoms with Gasteiger partial charge in [0.15, 0.2) is 17.5 Å². The Bertz CT molecular complexity index is 1720. The third-order valence-corrected chi connectivity index (χ3v) is 9.26. The number of piperazine rings is 1. The molecule has 2 saturated heterocycles. The van der Waals surface area contributed by atoms with E-state index in [-0.39, 0.29) is 23.1 Å². The molecule has 230 valence electrons. The summed E-state index contributed by atoms with van der Waals surface area (Å²) in [5.74, 6) is -0.660. The van der Waals surface area contributed by atoms with Crippen LogP contribution < -0.4 is 9.64 Å². The summed E-state index contributed by atoms with van der Waals surface area (Å²) in [6.45, 7) is 8.65. The summed E-state index contributed by atoms with van der Waals surface area (Å²) in [5.41, 5.74) is 0.822. The normalized spacial score (nSPS) is 18.2. The van der Waals surface area contributed by atoms with Crippen LogP contribution in [0.3, 0.4) is 0 Å². The van der Waals surface area contributed by atoms with Gasteiger partial charge in [-0.25, -0.2) is 8.78 Å². The lowest BCUT2D eigenvalue weighted by atomic mass is 9.97. The lowest BCUT2D eigenvalue weighted by Crippen LogP contribution is -2.49. The van der Waals surface area contributed by atoms with E-state index in [1.165, 1.54) is 12.8 Å². The molecular formula is C33H36ClF2N7O. The number of hydrogen-bond acceptors (Lipinski definition) is 7. The number of hydrogen-bond donors (Lipinski definition) is 1. The highest BCUT2D eigenvalue weighted by Crippen LogP contribution is 2.37. The summed E-state index contributed by atoms with van der Waals surface area (Å²) in [6, 6.07) is 11.8. The van der Waals surface area contributed by atoms with Crippen LogP contribution in [-0.2, 0) is 0 Å². The Balaban J connectivity index is 1.36. The third kappa shape index (κ3) is 5.80. The van der Waals surface area contributed by atoms with Gasteiger partial charge in [-0.3, -0.25) is 10.4 Å². The van der Waals surface area contributed by atoms with Gasteiger partial charge in [-0.15, -0.1) is 0 Å². The molecule has 44 heavy (non-hydrogen) atoms. The molecule has 4 aromatic rings. The highest BCUT2D eigenvalue weighted by atomic mass is 35.5. The van der Waals surface area contributed by atoms with Crippen LogP contribution in [0.1, 0.15) is 26.2 Å². The number of nitrogens with one attached hydrogen (secondary N) is 1. The van der Waals surface area contributed by atoms with Crippen molar-refractivity contribution in [3.63, 3.8) is 0 Å². The Morgan fingerprint density at radius 3 is 2.59 bits per heavy atom. The molecule has 2 atom stereocenters. The van der Waals surface area contributed by atoms with Crippen LogP contribution in [0.5, 0.6) is 6.01 Å². The molecule has 2 aromatic heterocycles. The van der Waals surface area contributed by atoms with E-state index in [1.54, 1.807) is 23.2 Å². The van der Waals surface area contributed by atoms with Gasteiger partial charge in [-0.1, -0.05) is 55.4 Å². The summed E-state index contributed by atoms with van der Waals surface area (Å²) in [6.07, 6.45) is 4.79. The molecular weight excluding hydrogens is 584 g/mol. The van der Waals surface area contributed by atoms with Gasteiger partial charge in [-0.2, -0.15) is 9.97 Å². The topological polar surface area (TPSA) is 81.5 Å². The predicted molar refractivity (Wildman–Crippen MR) is 172 cm³/mol. The van der Waals surface area contributed by atoms with Crippen LogP contribution in [0.15, 0.2) is 55.0 Å². The Kier molecular flexibility index (Phi) is 8.64. The number of likely N-dealkylation sites (tertiary alicyclic amines) is 1. The van der Waals surface area contributed by atoms with E-state index in [1.807, 2.05) is 29.2 Å². The molecule has 4 heterocycles. The number of amidine groups is 1. The Labute approximate surface area is 260 Å². The molecule has 0 saturated carbocycles. The predicted octanol–water partition coefficient (Wildman–Crippen LogP) is 6.72. The molecule has 6 rings (SSSR count). The molecule has 2 aliphatic rings. The first-order valence-corrected chi connectivity index (χ1v) is 15.4. The van der Waals surface area contributed by atoms with E-state index in [0.29, 0.717) is 71.9 Å². The summed E-state index contributed by atoms with van der Waals surface area (Å²) >= 11 is 6.57. The third-order valence-electron chi connectivity index (χ3n) is 8.94. The van der Waals surface area contributed by atoms with Crippen molar-refractivity contribution in [2.24, 2.45) is 5.92 Å². The van der Waals surface area contributed by atoms with E-state index in [4.69, 9.17) is 26.7 Å². The first kappa shape index (κ1) is 30.1. The lowest BCUT2D eigenvalue weighted by Gasteiger charge is -2.36. The maximum Gasteiger partial charge on any atom is 0.319 e.